The van der Waals surface area contributed by atoms with Crippen LogP contribution in [0, 0.1) is 0 Å². The quantitative estimate of drug-likeness (QED) is 0.706. The highest BCUT2D eigenvalue weighted by Crippen LogP contribution is 2.11. The van der Waals surface area contributed by atoms with E-state index in [2.05, 4.69) is 4.74 Å². The van der Waals surface area contributed by atoms with Gasteiger partial charge in [-0.25, -0.2) is 0 Å². The van der Waals surface area contributed by atoms with Crippen LogP contribution in [0.3, 0.4) is 0 Å². The molecule has 0 atom stereocenters. The summed E-state index contributed by atoms with van der Waals surface area (Å²) in [6.07, 6.45) is 0. The lowest BCUT2D eigenvalue weighted by atomic mass is 10.4. The van der Waals surface area contributed by atoms with Crippen LogP contribution in [-0.4, -0.2) is 55.5 Å². The maximum Gasteiger partial charge on any atom is 0.319 e. The van der Waals surface area contributed by atoms with Crippen molar-refractivity contribution < 1.29 is 14.3 Å². The van der Waals surface area contributed by atoms with Gasteiger partial charge in [0.05, 0.1) is 26.7 Å². The molecule has 19 heavy (non-hydrogen) atoms. The van der Waals surface area contributed by atoms with Crippen molar-refractivity contribution in [1.82, 2.24) is 9.80 Å². The zero-order valence-electron chi connectivity index (χ0n) is 11.6. The minimum absolute atomic E-state index is 0.000784. The average molecular weight is 284 g/mol. The van der Waals surface area contributed by atoms with Gasteiger partial charge in [-0.3, -0.25) is 14.5 Å². The van der Waals surface area contributed by atoms with Crippen LogP contribution in [0.25, 0.3) is 0 Å². The molecule has 1 amide bonds. The van der Waals surface area contributed by atoms with Crippen LogP contribution < -0.4 is 0 Å². The number of likely N-dealkylation sites (N-methyl/N-ethyl adjacent to an activating group) is 2. The fraction of sp³-hybridized carbons (Fsp3) is 0.538. The second-order valence-electron chi connectivity index (χ2n) is 4.21. The van der Waals surface area contributed by atoms with Gasteiger partial charge in [-0.2, -0.15) is 0 Å². The molecule has 0 saturated carbocycles. The molecule has 1 aromatic heterocycles. The SMILES string of the molecule is CCN(CC(=O)OC)CC(=O)N(C)Cc1cccs1. The first-order chi connectivity index (χ1) is 9.06. The van der Waals surface area contributed by atoms with E-state index in [0.29, 0.717) is 13.1 Å². The third-order valence-electron chi connectivity index (χ3n) is 2.79. The number of hydrogen-bond acceptors (Lipinski definition) is 5. The maximum atomic E-state index is 12.0. The summed E-state index contributed by atoms with van der Waals surface area (Å²) < 4.78 is 4.61. The summed E-state index contributed by atoms with van der Waals surface area (Å²) in [5.74, 6) is -0.324. The molecule has 0 radical (unpaired) electrons. The fourth-order valence-corrected chi connectivity index (χ4v) is 2.32. The van der Waals surface area contributed by atoms with Crippen molar-refractivity contribution in [2.75, 3.05) is 33.8 Å². The van der Waals surface area contributed by atoms with E-state index in [1.54, 1.807) is 28.2 Å². The molecule has 0 aromatic carbocycles. The summed E-state index contributed by atoms with van der Waals surface area (Å²) in [4.78, 5) is 27.8. The number of thiophene rings is 1. The van der Waals surface area contributed by atoms with E-state index in [0.717, 1.165) is 4.88 Å². The second kappa shape index (κ2) is 7.91. The number of carbonyl (C=O) groups is 2. The van der Waals surface area contributed by atoms with Gasteiger partial charge >= 0.3 is 5.97 Å². The highest BCUT2D eigenvalue weighted by molar-refractivity contribution is 7.09. The van der Waals surface area contributed by atoms with Crippen LogP contribution in [0.2, 0.25) is 0 Å². The first-order valence-electron chi connectivity index (χ1n) is 6.12. The van der Waals surface area contributed by atoms with Gasteiger partial charge in [-0.15, -0.1) is 11.3 Å². The first kappa shape index (κ1) is 15.7. The zero-order chi connectivity index (χ0) is 14.3. The highest BCUT2D eigenvalue weighted by atomic mass is 32.1. The molecule has 0 aliphatic heterocycles. The van der Waals surface area contributed by atoms with Gasteiger partial charge < -0.3 is 9.64 Å². The van der Waals surface area contributed by atoms with E-state index < -0.39 is 0 Å². The van der Waals surface area contributed by atoms with Crippen LogP contribution in [0.1, 0.15) is 11.8 Å². The summed E-state index contributed by atoms with van der Waals surface area (Å²) in [6, 6.07) is 3.97. The van der Waals surface area contributed by atoms with Crippen molar-refractivity contribution in [1.29, 1.82) is 0 Å². The topological polar surface area (TPSA) is 49.9 Å². The van der Waals surface area contributed by atoms with Gasteiger partial charge in [0.1, 0.15) is 0 Å². The van der Waals surface area contributed by atoms with Crippen molar-refractivity contribution >= 4 is 23.2 Å². The van der Waals surface area contributed by atoms with E-state index in [4.69, 9.17) is 0 Å². The molecule has 0 aliphatic rings. The molecule has 0 N–H and O–H groups in total. The number of methoxy groups -OCH3 is 1. The highest BCUT2D eigenvalue weighted by Gasteiger charge is 2.16. The average Bonchev–Trinajstić information content (AvgIpc) is 2.90. The van der Waals surface area contributed by atoms with Gasteiger partial charge in [0.2, 0.25) is 5.91 Å². The Morgan fingerprint density at radius 2 is 2.11 bits per heavy atom. The lowest BCUT2D eigenvalue weighted by Gasteiger charge is -2.22. The van der Waals surface area contributed by atoms with E-state index in [1.807, 2.05) is 24.4 Å². The van der Waals surface area contributed by atoms with E-state index in [-0.39, 0.29) is 25.0 Å². The summed E-state index contributed by atoms with van der Waals surface area (Å²) in [6.45, 7) is 3.52. The number of ether oxygens (including phenoxy) is 1. The zero-order valence-corrected chi connectivity index (χ0v) is 12.4. The Labute approximate surface area is 117 Å². The Balaban J connectivity index is 2.45. The third-order valence-corrected chi connectivity index (χ3v) is 3.65. The monoisotopic (exact) mass is 284 g/mol. The van der Waals surface area contributed by atoms with Crippen molar-refractivity contribution in [3.8, 4) is 0 Å². The van der Waals surface area contributed by atoms with Crippen molar-refractivity contribution in [3.05, 3.63) is 22.4 Å². The van der Waals surface area contributed by atoms with Crippen molar-refractivity contribution in [2.45, 2.75) is 13.5 Å². The predicted molar refractivity (Wildman–Crippen MR) is 74.9 cm³/mol. The standard InChI is InChI=1S/C13H20N2O3S/c1-4-15(10-13(17)18-3)9-12(16)14(2)8-11-6-5-7-19-11/h5-7H,4,8-10H2,1-3H3. The normalized spacial score (nSPS) is 10.5. The Bertz CT molecular complexity index is 406. The Morgan fingerprint density at radius 1 is 1.37 bits per heavy atom. The van der Waals surface area contributed by atoms with Gasteiger partial charge in [-0.05, 0) is 18.0 Å². The van der Waals surface area contributed by atoms with Crippen LogP contribution in [0.5, 0.6) is 0 Å². The van der Waals surface area contributed by atoms with E-state index in [1.165, 1.54) is 7.11 Å². The molecule has 6 heteroatoms. The molecule has 1 aromatic rings. The van der Waals surface area contributed by atoms with E-state index >= 15 is 0 Å². The first-order valence-corrected chi connectivity index (χ1v) is 7.00. The fourth-order valence-electron chi connectivity index (χ4n) is 1.56. The molecular formula is C13H20N2O3S. The Kier molecular flexibility index (Phi) is 6.52. The summed E-state index contributed by atoms with van der Waals surface area (Å²) in [5.41, 5.74) is 0. The van der Waals surface area contributed by atoms with Gasteiger partial charge in [-0.1, -0.05) is 13.0 Å². The minimum Gasteiger partial charge on any atom is -0.468 e. The number of carbonyl (C=O) groups excluding carboxylic acids is 2. The summed E-state index contributed by atoms with van der Waals surface area (Å²) >= 11 is 1.63. The molecule has 0 saturated heterocycles. The van der Waals surface area contributed by atoms with Crippen LogP contribution >= 0.6 is 11.3 Å². The number of rotatable bonds is 7. The number of hydrogen-bond donors (Lipinski definition) is 0. The van der Waals surface area contributed by atoms with Gasteiger partial charge in [0, 0.05) is 11.9 Å². The molecule has 0 unspecified atom stereocenters. The molecule has 1 rings (SSSR count). The molecule has 0 aliphatic carbocycles. The van der Waals surface area contributed by atoms with Crippen molar-refractivity contribution in [3.63, 3.8) is 0 Å². The summed E-state index contributed by atoms with van der Waals surface area (Å²) in [5, 5.41) is 1.99. The largest absolute Gasteiger partial charge is 0.468 e. The Hall–Kier alpha value is -1.40. The van der Waals surface area contributed by atoms with Crippen LogP contribution in [-0.2, 0) is 20.9 Å². The van der Waals surface area contributed by atoms with Gasteiger partial charge in [0.25, 0.3) is 0 Å². The number of esters is 1. The molecule has 0 bridgehead atoms. The molecule has 5 nitrogen and oxygen atoms in total. The van der Waals surface area contributed by atoms with Crippen LogP contribution in [0.4, 0.5) is 0 Å². The smallest absolute Gasteiger partial charge is 0.319 e. The Morgan fingerprint density at radius 3 is 2.63 bits per heavy atom. The molecule has 0 spiro atoms. The minimum atomic E-state index is -0.324. The van der Waals surface area contributed by atoms with Gasteiger partial charge in [0.15, 0.2) is 0 Å². The predicted octanol–water partition coefficient (Wildman–Crippen LogP) is 1.20. The second-order valence-corrected chi connectivity index (χ2v) is 5.24. The summed E-state index contributed by atoms with van der Waals surface area (Å²) in [7, 11) is 3.12. The lowest BCUT2D eigenvalue weighted by molar-refractivity contribution is -0.142. The molecule has 106 valence electrons. The van der Waals surface area contributed by atoms with E-state index in [9.17, 15) is 9.59 Å². The van der Waals surface area contributed by atoms with Crippen LogP contribution in [0.15, 0.2) is 17.5 Å². The van der Waals surface area contributed by atoms with Crippen molar-refractivity contribution in [2.24, 2.45) is 0 Å². The molecular weight excluding hydrogens is 264 g/mol. The maximum absolute atomic E-state index is 12.0. The number of nitrogens with zero attached hydrogens (tertiary/aromatic N) is 2. The number of amides is 1. The lowest BCUT2D eigenvalue weighted by Crippen LogP contribution is -2.40. The third kappa shape index (κ3) is 5.40. The molecule has 0 fully saturated rings. The molecule has 1 heterocycles.